The van der Waals surface area contributed by atoms with Crippen molar-refractivity contribution in [2.45, 2.75) is 13.0 Å². The van der Waals surface area contributed by atoms with Crippen LogP contribution in [0.5, 0.6) is 0 Å². The van der Waals surface area contributed by atoms with E-state index in [9.17, 15) is 4.79 Å². The molecular weight excluding hydrogens is 270 g/mol. The molecule has 2 rings (SSSR count). The summed E-state index contributed by atoms with van der Waals surface area (Å²) in [5.41, 5.74) is 6.45. The minimum absolute atomic E-state index is 0.157. The highest BCUT2D eigenvalue weighted by Gasteiger charge is 2.16. The maximum Gasteiger partial charge on any atom is 0.253 e. The van der Waals surface area contributed by atoms with E-state index in [1.807, 2.05) is 12.3 Å². The van der Waals surface area contributed by atoms with Crippen LogP contribution in [0.2, 0.25) is 5.02 Å². The van der Waals surface area contributed by atoms with Crippen LogP contribution < -0.4 is 11.1 Å². The highest BCUT2D eigenvalue weighted by atomic mass is 35.5. The molecule has 1 heterocycles. The Labute approximate surface area is 114 Å². The number of nitrogens with one attached hydrogen (secondary N) is 1. The molecule has 1 atom stereocenters. The molecule has 1 aromatic heterocycles. The lowest BCUT2D eigenvalue weighted by Crippen LogP contribution is -2.27. The average Bonchev–Trinajstić information content (AvgIpc) is 2.86. The Morgan fingerprint density at radius 3 is 3.00 bits per heavy atom. The number of carbonyl (C=O) groups is 1. The number of nitrogen functional groups attached to an aromatic ring is 1. The fourth-order valence-corrected chi connectivity index (χ4v) is 2.34. The molecule has 6 heteroatoms. The second-order valence-corrected chi connectivity index (χ2v) is 5.10. The fourth-order valence-electron chi connectivity index (χ4n) is 1.52. The molecule has 0 spiro atoms. The lowest BCUT2D eigenvalue weighted by molar-refractivity contribution is 0.0940. The van der Waals surface area contributed by atoms with Gasteiger partial charge < -0.3 is 11.1 Å². The van der Waals surface area contributed by atoms with Crippen molar-refractivity contribution in [2.24, 2.45) is 0 Å². The lowest BCUT2D eigenvalue weighted by atomic mass is 10.1. The summed E-state index contributed by atoms with van der Waals surface area (Å²) < 4.78 is 0. The van der Waals surface area contributed by atoms with E-state index in [1.54, 1.807) is 24.4 Å². The second kappa shape index (κ2) is 5.37. The van der Waals surface area contributed by atoms with Crippen LogP contribution in [0.15, 0.2) is 29.8 Å². The van der Waals surface area contributed by atoms with Crippen molar-refractivity contribution in [1.29, 1.82) is 0 Å². The number of rotatable bonds is 3. The topological polar surface area (TPSA) is 68.0 Å². The fraction of sp³-hybridized carbons (Fsp3) is 0.167. The third-order valence-corrected chi connectivity index (χ3v) is 3.75. The van der Waals surface area contributed by atoms with Crippen molar-refractivity contribution >= 4 is 34.5 Å². The summed E-state index contributed by atoms with van der Waals surface area (Å²) >= 11 is 7.37. The normalized spacial score (nSPS) is 12.1. The SMILES string of the molecule is CC(NC(=O)c1cccc(Cl)c1N)c1nccs1. The van der Waals surface area contributed by atoms with Gasteiger partial charge >= 0.3 is 0 Å². The van der Waals surface area contributed by atoms with Crippen molar-refractivity contribution in [1.82, 2.24) is 10.3 Å². The van der Waals surface area contributed by atoms with E-state index in [0.29, 0.717) is 16.3 Å². The number of benzene rings is 1. The molecule has 3 N–H and O–H groups in total. The quantitative estimate of drug-likeness (QED) is 0.850. The van der Waals surface area contributed by atoms with Crippen LogP contribution in [0.1, 0.15) is 28.3 Å². The number of aromatic nitrogens is 1. The summed E-state index contributed by atoms with van der Waals surface area (Å²) in [6.07, 6.45) is 1.70. The molecule has 18 heavy (non-hydrogen) atoms. The summed E-state index contributed by atoms with van der Waals surface area (Å²) in [4.78, 5) is 16.2. The van der Waals surface area contributed by atoms with E-state index < -0.39 is 0 Å². The molecule has 1 unspecified atom stereocenters. The molecule has 0 radical (unpaired) electrons. The predicted molar refractivity (Wildman–Crippen MR) is 73.9 cm³/mol. The number of hydrogen-bond donors (Lipinski definition) is 2. The number of carbonyl (C=O) groups excluding carboxylic acids is 1. The third kappa shape index (κ3) is 2.63. The van der Waals surface area contributed by atoms with E-state index in [1.165, 1.54) is 11.3 Å². The van der Waals surface area contributed by atoms with Crippen molar-refractivity contribution < 1.29 is 4.79 Å². The maximum absolute atomic E-state index is 12.1. The van der Waals surface area contributed by atoms with Crippen molar-refractivity contribution in [3.8, 4) is 0 Å². The van der Waals surface area contributed by atoms with Crippen LogP contribution in [0.4, 0.5) is 5.69 Å². The van der Waals surface area contributed by atoms with Gasteiger partial charge in [-0.2, -0.15) is 0 Å². The van der Waals surface area contributed by atoms with Gasteiger partial charge in [-0.05, 0) is 19.1 Å². The van der Waals surface area contributed by atoms with Crippen molar-refractivity contribution in [2.75, 3.05) is 5.73 Å². The minimum Gasteiger partial charge on any atom is -0.397 e. The Morgan fingerprint density at radius 2 is 2.33 bits per heavy atom. The van der Waals surface area contributed by atoms with Gasteiger partial charge in [0, 0.05) is 11.6 Å². The predicted octanol–water partition coefficient (Wildman–Crippen LogP) is 2.87. The summed E-state index contributed by atoms with van der Waals surface area (Å²) in [5, 5.41) is 5.93. The Hall–Kier alpha value is -1.59. The van der Waals surface area contributed by atoms with Gasteiger partial charge in [0.1, 0.15) is 5.01 Å². The summed E-state index contributed by atoms with van der Waals surface area (Å²) in [6.45, 7) is 1.87. The number of halogens is 1. The number of thiazole rings is 1. The molecule has 0 aliphatic carbocycles. The van der Waals surface area contributed by atoms with Gasteiger partial charge in [-0.3, -0.25) is 4.79 Å². The first-order valence-corrected chi connectivity index (χ1v) is 6.59. The number of hydrogen-bond acceptors (Lipinski definition) is 4. The second-order valence-electron chi connectivity index (χ2n) is 3.77. The molecule has 1 amide bonds. The van der Waals surface area contributed by atoms with E-state index in [-0.39, 0.29) is 11.9 Å². The Balaban J connectivity index is 2.15. The van der Waals surface area contributed by atoms with Gasteiger partial charge in [0.2, 0.25) is 0 Å². The number of para-hydroxylation sites is 1. The molecule has 4 nitrogen and oxygen atoms in total. The zero-order valence-electron chi connectivity index (χ0n) is 9.68. The van der Waals surface area contributed by atoms with Gasteiger partial charge in [-0.1, -0.05) is 17.7 Å². The van der Waals surface area contributed by atoms with E-state index in [0.717, 1.165) is 5.01 Å². The van der Waals surface area contributed by atoms with E-state index >= 15 is 0 Å². The standard InChI is InChI=1S/C12H12ClN3OS/c1-7(12-15-5-6-18-12)16-11(17)8-3-2-4-9(13)10(8)14/h2-7H,14H2,1H3,(H,16,17). The third-order valence-electron chi connectivity index (χ3n) is 2.47. The zero-order chi connectivity index (χ0) is 13.1. The molecule has 0 aliphatic rings. The number of nitrogens with two attached hydrogens (primary N) is 1. The Morgan fingerprint density at radius 1 is 1.56 bits per heavy atom. The molecule has 0 bridgehead atoms. The smallest absolute Gasteiger partial charge is 0.253 e. The number of nitrogens with zero attached hydrogens (tertiary/aromatic N) is 1. The minimum atomic E-state index is -0.252. The number of anilines is 1. The first-order valence-electron chi connectivity index (χ1n) is 5.34. The van der Waals surface area contributed by atoms with E-state index in [4.69, 9.17) is 17.3 Å². The molecule has 94 valence electrons. The van der Waals surface area contributed by atoms with Crippen LogP contribution >= 0.6 is 22.9 Å². The highest BCUT2D eigenvalue weighted by molar-refractivity contribution is 7.09. The average molecular weight is 282 g/mol. The molecular formula is C12H12ClN3OS. The molecule has 0 fully saturated rings. The zero-order valence-corrected chi connectivity index (χ0v) is 11.3. The monoisotopic (exact) mass is 281 g/mol. The van der Waals surface area contributed by atoms with Gasteiger partial charge in [-0.15, -0.1) is 11.3 Å². The summed E-state index contributed by atoms with van der Waals surface area (Å²) in [6, 6.07) is 4.83. The van der Waals surface area contributed by atoms with Crippen LogP contribution in [0.3, 0.4) is 0 Å². The first kappa shape index (κ1) is 12.9. The number of amides is 1. The molecule has 1 aromatic carbocycles. The van der Waals surface area contributed by atoms with Crippen LogP contribution in [0, 0.1) is 0 Å². The Bertz CT molecular complexity index is 556. The lowest BCUT2D eigenvalue weighted by Gasteiger charge is -2.12. The Kier molecular flexibility index (Phi) is 3.84. The van der Waals surface area contributed by atoms with Gasteiger partial charge in [0.25, 0.3) is 5.91 Å². The molecule has 0 saturated heterocycles. The summed E-state index contributed by atoms with van der Waals surface area (Å²) in [7, 11) is 0. The van der Waals surface area contributed by atoms with Gasteiger partial charge in [0.05, 0.1) is 22.3 Å². The van der Waals surface area contributed by atoms with E-state index in [2.05, 4.69) is 10.3 Å². The molecule has 0 saturated carbocycles. The molecule has 0 aliphatic heterocycles. The maximum atomic E-state index is 12.1. The van der Waals surface area contributed by atoms with Gasteiger partial charge in [0.15, 0.2) is 0 Å². The van der Waals surface area contributed by atoms with Crippen LogP contribution in [0.25, 0.3) is 0 Å². The highest BCUT2D eigenvalue weighted by Crippen LogP contribution is 2.23. The molecule has 2 aromatic rings. The van der Waals surface area contributed by atoms with Crippen molar-refractivity contribution in [3.63, 3.8) is 0 Å². The first-order chi connectivity index (χ1) is 8.59. The van der Waals surface area contributed by atoms with Gasteiger partial charge in [-0.25, -0.2) is 4.98 Å². The van der Waals surface area contributed by atoms with Crippen LogP contribution in [-0.2, 0) is 0 Å². The van der Waals surface area contributed by atoms with Crippen LogP contribution in [-0.4, -0.2) is 10.9 Å². The summed E-state index contributed by atoms with van der Waals surface area (Å²) in [5.74, 6) is -0.252. The largest absolute Gasteiger partial charge is 0.397 e. The van der Waals surface area contributed by atoms with Crippen molar-refractivity contribution in [3.05, 3.63) is 45.4 Å².